The van der Waals surface area contributed by atoms with Crippen LogP contribution in [0.3, 0.4) is 0 Å². The molecule has 0 saturated heterocycles. The van der Waals surface area contributed by atoms with Gasteiger partial charge in [0.15, 0.2) is 5.78 Å². The predicted molar refractivity (Wildman–Crippen MR) is 68.6 cm³/mol. The van der Waals surface area contributed by atoms with Crippen LogP contribution in [0.15, 0.2) is 42.5 Å². The van der Waals surface area contributed by atoms with Crippen molar-refractivity contribution in [2.45, 2.75) is 13.5 Å². The molecule has 2 aromatic carbocycles. The molecular weight excluding hydrogens is 210 g/mol. The van der Waals surface area contributed by atoms with Gasteiger partial charge >= 0.3 is 0 Å². The Kier molecular flexibility index (Phi) is 3.35. The summed E-state index contributed by atoms with van der Waals surface area (Å²) in [5, 5.41) is 0. The van der Waals surface area contributed by atoms with E-state index >= 15 is 0 Å². The fourth-order valence-electron chi connectivity index (χ4n) is 1.78. The van der Waals surface area contributed by atoms with Gasteiger partial charge < -0.3 is 5.73 Å². The molecule has 1 radical (unpaired) electrons. The molecule has 0 aliphatic heterocycles. The van der Waals surface area contributed by atoms with Crippen LogP contribution >= 0.6 is 0 Å². The fraction of sp³-hybridized carbons (Fsp3) is 0.133. The van der Waals surface area contributed by atoms with E-state index in [0.29, 0.717) is 6.54 Å². The van der Waals surface area contributed by atoms with Gasteiger partial charge in [-0.15, -0.1) is 0 Å². The van der Waals surface area contributed by atoms with Crippen molar-refractivity contribution in [1.82, 2.24) is 0 Å². The van der Waals surface area contributed by atoms with Crippen LogP contribution in [0.1, 0.15) is 22.8 Å². The van der Waals surface area contributed by atoms with Gasteiger partial charge in [-0.25, -0.2) is 0 Å². The normalized spacial score (nSPS) is 10.2. The second-order valence-electron chi connectivity index (χ2n) is 3.92. The lowest BCUT2D eigenvalue weighted by Crippen LogP contribution is -1.97. The second kappa shape index (κ2) is 4.93. The lowest BCUT2D eigenvalue weighted by atomic mass is 9.97. The van der Waals surface area contributed by atoms with Crippen LogP contribution in [0, 0.1) is 6.07 Å². The standard InChI is InChI=1S/C15H14NO/c1-11(17)14-4-2-3-5-15(14)13-8-6-12(10-16)7-9-13/h2-8H,10,16H2,1H3. The van der Waals surface area contributed by atoms with E-state index in [1.807, 2.05) is 42.5 Å². The topological polar surface area (TPSA) is 43.1 Å². The molecule has 0 heterocycles. The van der Waals surface area contributed by atoms with E-state index in [1.165, 1.54) is 0 Å². The maximum absolute atomic E-state index is 11.5. The Labute approximate surface area is 101 Å². The highest BCUT2D eigenvalue weighted by atomic mass is 16.1. The first-order valence-corrected chi connectivity index (χ1v) is 5.53. The first-order chi connectivity index (χ1) is 8.22. The van der Waals surface area contributed by atoms with Crippen molar-refractivity contribution >= 4 is 5.78 Å². The van der Waals surface area contributed by atoms with Gasteiger partial charge in [0.2, 0.25) is 0 Å². The van der Waals surface area contributed by atoms with Crippen molar-refractivity contribution in [3.05, 3.63) is 59.7 Å². The van der Waals surface area contributed by atoms with E-state index in [-0.39, 0.29) is 5.78 Å². The molecule has 0 aromatic heterocycles. The van der Waals surface area contributed by atoms with Crippen molar-refractivity contribution in [2.75, 3.05) is 0 Å². The zero-order valence-electron chi connectivity index (χ0n) is 9.73. The van der Waals surface area contributed by atoms with E-state index in [1.54, 1.807) is 6.92 Å². The van der Waals surface area contributed by atoms with Crippen LogP contribution in [0.5, 0.6) is 0 Å². The minimum atomic E-state index is 0.0666. The third-order valence-corrected chi connectivity index (χ3v) is 2.71. The van der Waals surface area contributed by atoms with Crippen LogP contribution < -0.4 is 5.73 Å². The first kappa shape index (κ1) is 11.6. The molecule has 0 aliphatic carbocycles. The summed E-state index contributed by atoms with van der Waals surface area (Å²) in [5.74, 6) is 0.0666. The number of hydrogen-bond donors (Lipinski definition) is 1. The zero-order chi connectivity index (χ0) is 12.3. The Bertz CT molecular complexity index is 529. The van der Waals surface area contributed by atoms with E-state index in [9.17, 15) is 4.79 Å². The maximum atomic E-state index is 11.5. The number of hydrogen-bond acceptors (Lipinski definition) is 2. The highest BCUT2D eigenvalue weighted by Crippen LogP contribution is 2.23. The largest absolute Gasteiger partial charge is 0.326 e. The summed E-state index contributed by atoms with van der Waals surface area (Å²) < 4.78 is 0. The van der Waals surface area contributed by atoms with E-state index in [2.05, 4.69) is 6.07 Å². The Hall–Kier alpha value is -1.93. The Morgan fingerprint density at radius 3 is 2.59 bits per heavy atom. The van der Waals surface area contributed by atoms with Crippen LogP contribution in [0.25, 0.3) is 11.1 Å². The van der Waals surface area contributed by atoms with Crippen LogP contribution in [-0.4, -0.2) is 5.78 Å². The molecule has 0 bridgehead atoms. The molecule has 2 nitrogen and oxygen atoms in total. The van der Waals surface area contributed by atoms with Gasteiger partial charge in [-0.05, 0) is 35.7 Å². The maximum Gasteiger partial charge on any atom is 0.160 e. The van der Waals surface area contributed by atoms with Crippen molar-refractivity contribution < 1.29 is 4.79 Å². The Balaban J connectivity index is 2.48. The molecule has 2 N–H and O–H groups in total. The van der Waals surface area contributed by atoms with Gasteiger partial charge in [-0.1, -0.05) is 36.4 Å². The summed E-state index contributed by atoms with van der Waals surface area (Å²) in [6, 6.07) is 16.5. The Morgan fingerprint density at radius 2 is 2.00 bits per heavy atom. The first-order valence-electron chi connectivity index (χ1n) is 5.53. The fourth-order valence-corrected chi connectivity index (χ4v) is 1.78. The molecule has 0 saturated carbocycles. The minimum absolute atomic E-state index is 0.0666. The molecule has 0 atom stereocenters. The lowest BCUT2D eigenvalue weighted by molar-refractivity contribution is 0.101. The Morgan fingerprint density at radius 1 is 1.24 bits per heavy atom. The van der Waals surface area contributed by atoms with Crippen LogP contribution in [0.2, 0.25) is 0 Å². The molecule has 0 aliphatic rings. The summed E-state index contributed by atoms with van der Waals surface area (Å²) in [7, 11) is 0. The quantitative estimate of drug-likeness (QED) is 0.815. The van der Waals surface area contributed by atoms with Gasteiger partial charge in [-0.3, -0.25) is 4.79 Å². The minimum Gasteiger partial charge on any atom is -0.326 e. The number of ketones is 1. The number of Topliss-reactive ketones (excluding diaryl/α,β-unsaturated/α-hetero) is 1. The summed E-state index contributed by atoms with van der Waals surface area (Å²) in [4.78, 5) is 11.5. The molecule has 0 fully saturated rings. The molecule has 0 amide bonds. The van der Waals surface area contributed by atoms with E-state index in [0.717, 1.165) is 22.3 Å². The van der Waals surface area contributed by atoms with Crippen molar-refractivity contribution in [3.63, 3.8) is 0 Å². The molecule has 2 rings (SSSR count). The number of rotatable bonds is 3. The monoisotopic (exact) mass is 224 g/mol. The summed E-state index contributed by atoms with van der Waals surface area (Å²) in [6.07, 6.45) is 0. The number of benzene rings is 2. The smallest absolute Gasteiger partial charge is 0.160 e. The van der Waals surface area contributed by atoms with Crippen LogP contribution in [-0.2, 0) is 6.54 Å². The molecule has 2 aromatic rings. The SMILES string of the molecule is CC(=O)c1ccccc1-c1[c]cc(CN)cc1. The highest BCUT2D eigenvalue weighted by Gasteiger charge is 2.07. The van der Waals surface area contributed by atoms with Crippen molar-refractivity contribution in [3.8, 4) is 11.1 Å². The third kappa shape index (κ3) is 2.43. The highest BCUT2D eigenvalue weighted by molar-refractivity contribution is 6.00. The molecular formula is C15H14NO. The number of carbonyl (C=O) groups excluding carboxylic acids is 1. The molecule has 17 heavy (non-hydrogen) atoms. The van der Waals surface area contributed by atoms with Gasteiger partial charge in [0.05, 0.1) is 0 Å². The lowest BCUT2D eigenvalue weighted by Gasteiger charge is -2.07. The summed E-state index contributed by atoms with van der Waals surface area (Å²) in [6.45, 7) is 2.08. The average Bonchev–Trinajstić information content (AvgIpc) is 2.39. The zero-order valence-corrected chi connectivity index (χ0v) is 9.73. The number of nitrogens with two attached hydrogens (primary N) is 1. The van der Waals surface area contributed by atoms with E-state index in [4.69, 9.17) is 5.73 Å². The number of carbonyl (C=O) groups is 1. The molecule has 0 spiro atoms. The van der Waals surface area contributed by atoms with Gasteiger partial charge in [0.1, 0.15) is 0 Å². The molecule has 2 heteroatoms. The predicted octanol–water partition coefficient (Wildman–Crippen LogP) is 2.82. The second-order valence-corrected chi connectivity index (χ2v) is 3.92. The van der Waals surface area contributed by atoms with Crippen LogP contribution in [0.4, 0.5) is 0 Å². The van der Waals surface area contributed by atoms with Gasteiger partial charge in [-0.2, -0.15) is 0 Å². The van der Waals surface area contributed by atoms with Gasteiger partial charge in [0, 0.05) is 12.1 Å². The van der Waals surface area contributed by atoms with Crippen molar-refractivity contribution in [1.29, 1.82) is 0 Å². The van der Waals surface area contributed by atoms with Crippen molar-refractivity contribution in [2.24, 2.45) is 5.73 Å². The third-order valence-electron chi connectivity index (χ3n) is 2.71. The van der Waals surface area contributed by atoms with Gasteiger partial charge in [0.25, 0.3) is 0 Å². The molecule has 0 unspecified atom stereocenters. The summed E-state index contributed by atoms with van der Waals surface area (Å²) in [5.41, 5.74) is 9.15. The van der Waals surface area contributed by atoms with E-state index < -0.39 is 0 Å². The summed E-state index contributed by atoms with van der Waals surface area (Å²) >= 11 is 0. The molecule has 85 valence electrons. The average molecular weight is 224 g/mol.